The lowest BCUT2D eigenvalue weighted by molar-refractivity contribution is 0.101. The number of halogens is 2. The van der Waals surface area contributed by atoms with Crippen molar-refractivity contribution < 1.29 is 23.0 Å². The SMILES string of the molecule is Cc1cc(OCc2cccc(F)c2)cc2c1C(=O)/C(=C/c1ccc(F)cc1)O2. The molecule has 0 fully saturated rings. The molecule has 0 saturated heterocycles. The van der Waals surface area contributed by atoms with E-state index in [1.165, 1.54) is 24.3 Å². The van der Waals surface area contributed by atoms with Crippen LogP contribution in [0.15, 0.2) is 66.4 Å². The first kappa shape index (κ1) is 17.9. The smallest absolute Gasteiger partial charge is 0.232 e. The summed E-state index contributed by atoms with van der Waals surface area (Å²) in [6.07, 6.45) is 1.58. The van der Waals surface area contributed by atoms with Crippen LogP contribution in [0.3, 0.4) is 0 Å². The summed E-state index contributed by atoms with van der Waals surface area (Å²) < 4.78 is 37.8. The first-order chi connectivity index (χ1) is 13.5. The van der Waals surface area contributed by atoms with Gasteiger partial charge in [0.05, 0.1) is 5.56 Å². The van der Waals surface area contributed by atoms with Crippen LogP contribution in [0.25, 0.3) is 6.08 Å². The van der Waals surface area contributed by atoms with Crippen molar-refractivity contribution >= 4 is 11.9 Å². The van der Waals surface area contributed by atoms with Gasteiger partial charge in [-0.05, 0) is 60.0 Å². The lowest BCUT2D eigenvalue weighted by Crippen LogP contribution is -2.00. The number of fused-ring (bicyclic) bond motifs is 1. The molecule has 5 heteroatoms. The Balaban J connectivity index is 1.56. The number of benzene rings is 3. The lowest BCUT2D eigenvalue weighted by Gasteiger charge is -2.09. The summed E-state index contributed by atoms with van der Waals surface area (Å²) in [5.74, 6) is 0.209. The van der Waals surface area contributed by atoms with E-state index >= 15 is 0 Å². The zero-order valence-corrected chi connectivity index (χ0v) is 15.0. The fraction of sp³-hybridized carbons (Fsp3) is 0.0870. The quantitative estimate of drug-likeness (QED) is 0.565. The van der Waals surface area contributed by atoms with Crippen LogP contribution in [0.4, 0.5) is 8.78 Å². The normalized spacial score (nSPS) is 14.1. The Labute approximate surface area is 160 Å². The molecule has 0 bridgehead atoms. The molecule has 0 N–H and O–H groups in total. The number of allylic oxidation sites excluding steroid dienone is 1. The molecule has 0 saturated carbocycles. The number of hydrogen-bond donors (Lipinski definition) is 0. The second-order valence-corrected chi connectivity index (χ2v) is 6.52. The third-order valence-electron chi connectivity index (χ3n) is 4.41. The number of hydrogen-bond acceptors (Lipinski definition) is 3. The van der Waals surface area contributed by atoms with Crippen LogP contribution in [0, 0.1) is 18.6 Å². The van der Waals surface area contributed by atoms with E-state index in [1.54, 1.807) is 49.4 Å². The molecule has 1 heterocycles. The first-order valence-electron chi connectivity index (χ1n) is 8.71. The zero-order valence-electron chi connectivity index (χ0n) is 15.0. The van der Waals surface area contributed by atoms with Crippen LogP contribution >= 0.6 is 0 Å². The van der Waals surface area contributed by atoms with Crippen LogP contribution < -0.4 is 9.47 Å². The fourth-order valence-electron chi connectivity index (χ4n) is 3.06. The van der Waals surface area contributed by atoms with E-state index in [-0.39, 0.29) is 29.8 Å². The predicted octanol–water partition coefficient (Wildman–Crippen LogP) is 5.47. The van der Waals surface area contributed by atoms with Crippen molar-refractivity contribution in [3.05, 3.63) is 100 Å². The highest BCUT2D eigenvalue weighted by atomic mass is 19.1. The van der Waals surface area contributed by atoms with Gasteiger partial charge < -0.3 is 9.47 Å². The van der Waals surface area contributed by atoms with Gasteiger partial charge in [0.25, 0.3) is 0 Å². The van der Waals surface area contributed by atoms with Crippen molar-refractivity contribution in [3.63, 3.8) is 0 Å². The maximum absolute atomic E-state index is 13.3. The lowest BCUT2D eigenvalue weighted by atomic mass is 10.0. The van der Waals surface area contributed by atoms with E-state index in [9.17, 15) is 13.6 Å². The molecule has 0 aliphatic carbocycles. The van der Waals surface area contributed by atoms with Gasteiger partial charge in [0.2, 0.25) is 5.78 Å². The molecule has 3 aromatic rings. The standard InChI is InChI=1S/C23H16F2O3/c1-14-9-19(27-13-16-3-2-4-18(25)10-16)12-20-22(14)23(26)21(28-20)11-15-5-7-17(24)8-6-15/h2-12H,13H2,1H3/b21-11-. The van der Waals surface area contributed by atoms with E-state index in [0.29, 0.717) is 28.2 Å². The summed E-state index contributed by atoms with van der Waals surface area (Å²) in [4.78, 5) is 12.7. The number of carbonyl (C=O) groups excluding carboxylic acids is 1. The largest absolute Gasteiger partial charge is 0.489 e. The summed E-state index contributed by atoms with van der Waals surface area (Å²) in [7, 11) is 0. The number of ketones is 1. The molecule has 1 aliphatic rings. The van der Waals surface area contributed by atoms with Gasteiger partial charge in [-0.1, -0.05) is 24.3 Å². The van der Waals surface area contributed by atoms with E-state index in [4.69, 9.17) is 9.47 Å². The van der Waals surface area contributed by atoms with Crippen molar-refractivity contribution in [3.8, 4) is 11.5 Å². The summed E-state index contributed by atoms with van der Waals surface area (Å²) in [5.41, 5.74) is 2.57. The van der Waals surface area contributed by atoms with Crippen LogP contribution in [-0.2, 0) is 6.61 Å². The van der Waals surface area contributed by atoms with E-state index in [1.807, 2.05) is 0 Å². The monoisotopic (exact) mass is 378 g/mol. The molecule has 140 valence electrons. The van der Waals surface area contributed by atoms with Crippen LogP contribution in [0.1, 0.15) is 27.0 Å². The highest BCUT2D eigenvalue weighted by Crippen LogP contribution is 2.37. The number of aryl methyl sites for hydroxylation is 1. The fourth-order valence-corrected chi connectivity index (χ4v) is 3.06. The van der Waals surface area contributed by atoms with Gasteiger partial charge >= 0.3 is 0 Å². The van der Waals surface area contributed by atoms with Gasteiger partial charge in [-0.25, -0.2) is 8.78 Å². The van der Waals surface area contributed by atoms with E-state index in [0.717, 1.165) is 5.56 Å². The number of carbonyl (C=O) groups is 1. The Morgan fingerprint density at radius 3 is 2.54 bits per heavy atom. The Morgan fingerprint density at radius 1 is 1.00 bits per heavy atom. The number of Topliss-reactive ketones (excluding diaryl/α,β-unsaturated/α-hetero) is 1. The Morgan fingerprint density at radius 2 is 1.79 bits per heavy atom. The van der Waals surface area contributed by atoms with Gasteiger partial charge in [0, 0.05) is 6.07 Å². The maximum atomic E-state index is 13.3. The molecular weight excluding hydrogens is 362 g/mol. The second-order valence-electron chi connectivity index (χ2n) is 6.52. The minimum absolute atomic E-state index is 0.173. The third kappa shape index (κ3) is 3.64. The molecule has 0 aromatic heterocycles. The molecule has 0 atom stereocenters. The Kier molecular flexibility index (Phi) is 4.65. The third-order valence-corrected chi connectivity index (χ3v) is 4.41. The Hall–Kier alpha value is -3.47. The average molecular weight is 378 g/mol. The van der Waals surface area contributed by atoms with E-state index in [2.05, 4.69) is 0 Å². The van der Waals surface area contributed by atoms with Gasteiger partial charge in [-0.2, -0.15) is 0 Å². The molecule has 3 nitrogen and oxygen atoms in total. The second kappa shape index (κ2) is 7.27. The minimum atomic E-state index is -0.347. The Bertz CT molecular complexity index is 1090. The van der Waals surface area contributed by atoms with Crippen molar-refractivity contribution in [2.24, 2.45) is 0 Å². The molecular formula is C23H16F2O3. The van der Waals surface area contributed by atoms with E-state index < -0.39 is 0 Å². The zero-order chi connectivity index (χ0) is 19.7. The van der Waals surface area contributed by atoms with Crippen LogP contribution in [0.5, 0.6) is 11.5 Å². The molecule has 3 aromatic carbocycles. The van der Waals surface area contributed by atoms with Gasteiger partial charge in [0.15, 0.2) is 5.76 Å². The highest BCUT2D eigenvalue weighted by Gasteiger charge is 2.30. The van der Waals surface area contributed by atoms with Crippen molar-refractivity contribution in [2.75, 3.05) is 0 Å². The molecule has 28 heavy (non-hydrogen) atoms. The highest BCUT2D eigenvalue weighted by molar-refractivity contribution is 6.15. The predicted molar refractivity (Wildman–Crippen MR) is 101 cm³/mol. The van der Waals surface area contributed by atoms with Crippen LogP contribution in [0.2, 0.25) is 0 Å². The van der Waals surface area contributed by atoms with Crippen molar-refractivity contribution in [2.45, 2.75) is 13.5 Å². The maximum Gasteiger partial charge on any atom is 0.232 e. The first-order valence-corrected chi connectivity index (χ1v) is 8.71. The average Bonchev–Trinajstić information content (AvgIpc) is 2.98. The molecule has 0 spiro atoms. The molecule has 4 rings (SSSR count). The topological polar surface area (TPSA) is 35.5 Å². The van der Waals surface area contributed by atoms with Gasteiger partial charge in [-0.15, -0.1) is 0 Å². The number of rotatable bonds is 4. The minimum Gasteiger partial charge on any atom is -0.489 e. The van der Waals surface area contributed by atoms with Crippen LogP contribution in [-0.4, -0.2) is 5.78 Å². The summed E-state index contributed by atoms with van der Waals surface area (Å²) in [6, 6.07) is 15.4. The molecule has 0 amide bonds. The molecule has 1 aliphatic heterocycles. The summed E-state index contributed by atoms with van der Waals surface area (Å²) in [5, 5.41) is 0. The molecule has 0 unspecified atom stereocenters. The molecule has 0 radical (unpaired) electrons. The van der Waals surface area contributed by atoms with Crippen molar-refractivity contribution in [1.82, 2.24) is 0 Å². The summed E-state index contributed by atoms with van der Waals surface area (Å²) >= 11 is 0. The summed E-state index contributed by atoms with van der Waals surface area (Å²) in [6.45, 7) is 2.00. The van der Waals surface area contributed by atoms with Gasteiger partial charge in [0.1, 0.15) is 29.7 Å². The number of ether oxygens (including phenoxy) is 2. The van der Waals surface area contributed by atoms with Gasteiger partial charge in [-0.3, -0.25) is 4.79 Å². The van der Waals surface area contributed by atoms with Crippen molar-refractivity contribution in [1.29, 1.82) is 0 Å².